The second kappa shape index (κ2) is 8.60. The van der Waals surface area contributed by atoms with Crippen LogP contribution >= 0.6 is 11.6 Å². The van der Waals surface area contributed by atoms with Crippen molar-refractivity contribution in [2.75, 3.05) is 11.9 Å². The van der Waals surface area contributed by atoms with Crippen molar-refractivity contribution in [3.63, 3.8) is 0 Å². The number of carbonyl (C=O) groups is 2. The fraction of sp³-hybridized carbons (Fsp3) is 0.190. The smallest absolute Gasteiger partial charge is 0.365 e. The minimum Gasteiger partial charge on any atom is -0.365 e. The molecule has 7 nitrogen and oxygen atoms in total. The summed E-state index contributed by atoms with van der Waals surface area (Å²) in [6.07, 6.45) is -4.93. The predicted molar refractivity (Wildman–Crippen MR) is 112 cm³/mol. The number of alkyl halides is 3. The molecule has 0 saturated heterocycles. The van der Waals surface area contributed by atoms with E-state index in [1.165, 1.54) is 21.7 Å². The molecule has 0 unspecified atom stereocenters. The average molecular weight is 500 g/mol. The van der Waals surface area contributed by atoms with Gasteiger partial charge in [0.15, 0.2) is 0 Å². The third-order valence-electron chi connectivity index (χ3n) is 5.23. The molecule has 3 amide bonds. The summed E-state index contributed by atoms with van der Waals surface area (Å²) in [5.41, 5.74) is 4.56. The molecule has 34 heavy (non-hydrogen) atoms. The maximum absolute atomic E-state index is 13.5. The Kier molecular flexibility index (Phi) is 5.94. The number of aromatic nitrogens is 2. The summed E-state index contributed by atoms with van der Waals surface area (Å²) in [7, 11) is 0. The van der Waals surface area contributed by atoms with Gasteiger partial charge in [-0.25, -0.2) is 13.6 Å². The molecule has 3 N–H and O–H groups in total. The standard InChI is InChI=1S/C21H15ClF5N5O2/c22-13-7-10(1-3-15(13)24)18-17(19(28)33)16-9-31(5-6-32(16)30-18)20(34)29-11-2-4-14(23)12(8-11)21(25,26)27/h1-4,7-8H,5-6,9H2,(H2,28,33)(H,29,34). The van der Waals surface area contributed by atoms with Crippen molar-refractivity contribution < 1.29 is 31.5 Å². The Bertz CT molecular complexity index is 1310. The van der Waals surface area contributed by atoms with Gasteiger partial charge in [0, 0.05) is 17.8 Å². The number of anilines is 1. The lowest BCUT2D eigenvalue weighted by Gasteiger charge is -2.28. The largest absolute Gasteiger partial charge is 0.419 e. The van der Waals surface area contributed by atoms with Gasteiger partial charge < -0.3 is 16.0 Å². The fourth-order valence-electron chi connectivity index (χ4n) is 3.62. The van der Waals surface area contributed by atoms with Crippen LogP contribution in [0, 0.1) is 11.6 Å². The van der Waals surface area contributed by atoms with Crippen molar-refractivity contribution in [3.8, 4) is 11.3 Å². The lowest BCUT2D eigenvalue weighted by molar-refractivity contribution is -0.139. The number of fused-ring (bicyclic) bond motifs is 1. The molecule has 0 aliphatic carbocycles. The summed E-state index contributed by atoms with van der Waals surface area (Å²) in [4.78, 5) is 26.1. The second-order valence-electron chi connectivity index (χ2n) is 7.43. The van der Waals surface area contributed by atoms with E-state index in [9.17, 15) is 31.5 Å². The zero-order valence-corrected chi connectivity index (χ0v) is 17.8. The summed E-state index contributed by atoms with van der Waals surface area (Å²) in [6.45, 7) is 0.115. The molecule has 0 spiro atoms. The van der Waals surface area contributed by atoms with Crippen LogP contribution in [0.2, 0.25) is 5.02 Å². The van der Waals surface area contributed by atoms with Gasteiger partial charge in [0.1, 0.15) is 17.3 Å². The van der Waals surface area contributed by atoms with Crippen LogP contribution in [0.15, 0.2) is 36.4 Å². The highest BCUT2D eigenvalue weighted by Crippen LogP contribution is 2.34. The van der Waals surface area contributed by atoms with Gasteiger partial charge in [-0.05, 0) is 36.4 Å². The van der Waals surface area contributed by atoms with Crippen molar-refractivity contribution in [3.05, 3.63) is 69.9 Å². The molecule has 0 atom stereocenters. The van der Waals surface area contributed by atoms with E-state index in [0.29, 0.717) is 23.4 Å². The Morgan fingerprint density at radius 3 is 2.41 bits per heavy atom. The van der Waals surface area contributed by atoms with E-state index in [-0.39, 0.29) is 41.6 Å². The average Bonchev–Trinajstić information content (AvgIpc) is 3.15. The van der Waals surface area contributed by atoms with Gasteiger partial charge in [0.25, 0.3) is 5.91 Å². The van der Waals surface area contributed by atoms with Gasteiger partial charge in [0.2, 0.25) is 0 Å². The number of carbonyl (C=O) groups excluding carboxylic acids is 2. The number of hydrogen-bond acceptors (Lipinski definition) is 3. The Morgan fingerprint density at radius 1 is 1.06 bits per heavy atom. The summed E-state index contributed by atoms with van der Waals surface area (Å²) >= 11 is 5.83. The molecule has 0 fully saturated rings. The first-order valence-corrected chi connectivity index (χ1v) is 10.1. The Balaban J connectivity index is 1.61. The van der Waals surface area contributed by atoms with Gasteiger partial charge in [0.05, 0.1) is 34.9 Å². The van der Waals surface area contributed by atoms with E-state index < -0.39 is 35.3 Å². The van der Waals surface area contributed by atoms with Crippen LogP contribution in [0.4, 0.5) is 32.4 Å². The normalized spacial score (nSPS) is 13.5. The zero-order valence-electron chi connectivity index (χ0n) is 17.1. The third kappa shape index (κ3) is 4.40. The first-order chi connectivity index (χ1) is 16.0. The van der Waals surface area contributed by atoms with E-state index in [4.69, 9.17) is 17.3 Å². The Hall–Kier alpha value is -3.67. The first-order valence-electron chi connectivity index (χ1n) is 9.73. The summed E-state index contributed by atoms with van der Waals surface area (Å²) in [6, 6.07) is 5.10. The van der Waals surface area contributed by atoms with Gasteiger partial charge >= 0.3 is 12.2 Å². The van der Waals surface area contributed by atoms with Gasteiger partial charge in [-0.2, -0.15) is 18.3 Å². The zero-order chi connectivity index (χ0) is 24.8. The molecule has 1 aliphatic heterocycles. The number of nitrogens with two attached hydrogens (primary N) is 1. The van der Waals surface area contributed by atoms with E-state index in [2.05, 4.69) is 10.4 Å². The fourth-order valence-corrected chi connectivity index (χ4v) is 3.80. The van der Waals surface area contributed by atoms with E-state index in [1.807, 2.05) is 0 Å². The number of urea groups is 1. The number of hydrogen-bond donors (Lipinski definition) is 2. The van der Waals surface area contributed by atoms with Crippen LogP contribution in [0.25, 0.3) is 11.3 Å². The van der Waals surface area contributed by atoms with Crippen molar-refractivity contribution in [1.82, 2.24) is 14.7 Å². The van der Waals surface area contributed by atoms with Crippen molar-refractivity contribution in [2.45, 2.75) is 19.3 Å². The Labute approximate surface area is 193 Å². The maximum atomic E-state index is 13.5. The van der Waals surface area contributed by atoms with Gasteiger partial charge in [-0.3, -0.25) is 9.48 Å². The van der Waals surface area contributed by atoms with Crippen LogP contribution in [0.3, 0.4) is 0 Å². The quantitative estimate of drug-likeness (QED) is 0.514. The summed E-state index contributed by atoms with van der Waals surface area (Å²) in [5.74, 6) is -2.97. The number of amides is 3. The van der Waals surface area contributed by atoms with Crippen molar-refractivity contribution in [1.29, 1.82) is 0 Å². The van der Waals surface area contributed by atoms with E-state index in [1.54, 1.807) is 0 Å². The molecule has 4 rings (SSSR count). The molecule has 0 bridgehead atoms. The van der Waals surface area contributed by atoms with Crippen LogP contribution < -0.4 is 11.1 Å². The SMILES string of the molecule is NC(=O)c1c(-c2ccc(F)c(Cl)c2)nn2c1CN(C(=O)Nc1ccc(F)c(C(F)(F)F)c1)CC2. The molecular formula is C21H15ClF5N5O2. The van der Waals surface area contributed by atoms with Crippen LogP contribution in [0.5, 0.6) is 0 Å². The molecule has 0 radical (unpaired) electrons. The number of nitrogens with one attached hydrogen (secondary N) is 1. The molecule has 2 aromatic carbocycles. The number of benzene rings is 2. The Morgan fingerprint density at radius 2 is 1.76 bits per heavy atom. The highest BCUT2D eigenvalue weighted by atomic mass is 35.5. The minimum absolute atomic E-state index is 0.00122. The highest BCUT2D eigenvalue weighted by Gasteiger charge is 2.35. The number of rotatable bonds is 3. The second-order valence-corrected chi connectivity index (χ2v) is 7.84. The number of nitrogens with zero attached hydrogens (tertiary/aromatic N) is 3. The molecule has 13 heteroatoms. The van der Waals surface area contributed by atoms with Crippen molar-refractivity contribution in [2.24, 2.45) is 5.73 Å². The van der Waals surface area contributed by atoms with Crippen LogP contribution in [0.1, 0.15) is 21.6 Å². The predicted octanol–water partition coefficient (Wildman–Crippen LogP) is 4.65. The lowest BCUT2D eigenvalue weighted by atomic mass is 10.0. The highest BCUT2D eigenvalue weighted by molar-refractivity contribution is 6.31. The van der Waals surface area contributed by atoms with E-state index >= 15 is 0 Å². The maximum Gasteiger partial charge on any atom is 0.419 e. The van der Waals surface area contributed by atoms with Crippen LogP contribution in [-0.2, 0) is 19.3 Å². The van der Waals surface area contributed by atoms with Gasteiger partial charge in [-0.1, -0.05) is 11.6 Å². The molecule has 1 aromatic heterocycles. The summed E-state index contributed by atoms with van der Waals surface area (Å²) < 4.78 is 67.4. The molecule has 178 valence electrons. The molecule has 0 saturated carbocycles. The first kappa shape index (κ1) is 23.5. The molecule has 2 heterocycles. The monoisotopic (exact) mass is 499 g/mol. The molecule has 3 aromatic rings. The molecular weight excluding hydrogens is 485 g/mol. The number of halogens is 6. The number of primary amides is 1. The summed E-state index contributed by atoms with van der Waals surface area (Å²) in [5, 5.41) is 6.46. The topological polar surface area (TPSA) is 93.2 Å². The van der Waals surface area contributed by atoms with Gasteiger partial charge in [-0.15, -0.1) is 0 Å². The third-order valence-corrected chi connectivity index (χ3v) is 5.52. The van der Waals surface area contributed by atoms with Crippen LogP contribution in [-0.4, -0.2) is 33.2 Å². The minimum atomic E-state index is -4.93. The molecule has 1 aliphatic rings. The van der Waals surface area contributed by atoms with Crippen molar-refractivity contribution >= 4 is 29.2 Å². The van der Waals surface area contributed by atoms with E-state index in [0.717, 1.165) is 12.1 Å². The lowest BCUT2D eigenvalue weighted by Crippen LogP contribution is -2.41.